The minimum absolute atomic E-state index is 0.0696. The van der Waals surface area contributed by atoms with Crippen LogP contribution in [0.25, 0.3) is 0 Å². The zero-order chi connectivity index (χ0) is 15.9. The van der Waals surface area contributed by atoms with Gasteiger partial charge in [0, 0.05) is 17.8 Å². The normalized spacial score (nSPS) is 11.8. The molecule has 1 atom stereocenters. The van der Waals surface area contributed by atoms with Crippen LogP contribution in [0.15, 0.2) is 48.5 Å². The fraction of sp³-hybridized carbons (Fsp3) is 0.235. The topological polar surface area (TPSA) is 61.4 Å². The van der Waals surface area contributed by atoms with Crippen LogP contribution < -0.4 is 10.6 Å². The molecule has 2 amide bonds. The molecular formula is C17H19FN2O2. The van der Waals surface area contributed by atoms with Crippen molar-refractivity contribution in [1.29, 1.82) is 0 Å². The van der Waals surface area contributed by atoms with E-state index in [1.54, 1.807) is 12.1 Å². The Labute approximate surface area is 129 Å². The third-order valence-corrected chi connectivity index (χ3v) is 3.34. The van der Waals surface area contributed by atoms with Crippen LogP contribution >= 0.6 is 0 Å². The third-order valence-electron chi connectivity index (χ3n) is 3.34. The van der Waals surface area contributed by atoms with Crippen molar-refractivity contribution in [3.8, 4) is 0 Å². The van der Waals surface area contributed by atoms with Gasteiger partial charge in [0.25, 0.3) is 0 Å². The SMILES string of the molecule is CCc1ccc(NC(=O)NCC(O)c2ccccc2F)cc1. The fourth-order valence-electron chi connectivity index (χ4n) is 2.04. The van der Waals surface area contributed by atoms with Crippen LogP contribution in [0.3, 0.4) is 0 Å². The highest BCUT2D eigenvalue weighted by molar-refractivity contribution is 5.89. The minimum atomic E-state index is -1.09. The molecule has 2 aromatic carbocycles. The summed E-state index contributed by atoms with van der Waals surface area (Å²) in [4.78, 5) is 11.8. The number of carbonyl (C=O) groups is 1. The van der Waals surface area contributed by atoms with Crippen LogP contribution in [0.4, 0.5) is 14.9 Å². The Kier molecular flexibility index (Phi) is 5.49. The molecule has 0 aromatic heterocycles. The van der Waals surface area contributed by atoms with Gasteiger partial charge in [0.1, 0.15) is 5.82 Å². The van der Waals surface area contributed by atoms with Gasteiger partial charge in [-0.3, -0.25) is 0 Å². The van der Waals surface area contributed by atoms with Crippen LogP contribution in [-0.2, 0) is 6.42 Å². The Hall–Kier alpha value is -2.40. The zero-order valence-corrected chi connectivity index (χ0v) is 12.3. The number of rotatable bonds is 5. The number of halogens is 1. The van der Waals surface area contributed by atoms with Gasteiger partial charge in [-0.1, -0.05) is 37.3 Å². The van der Waals surface area contributed by atoms with Crippen molar-refractivity contribution in [2.45, 2.75) is 19.4 Å². The Morgan fingerprint density at radius 2 is 1.86 bits per heavy atom. The summed E-state index contributed by atoms with van der Waals surface area (Å²) in [5, 5.41) is 15.1. The van der Waals surface area contributed by atoms with Crippen molar-refractivity contribution in [2.24, 2.45) is 0 Å². The van der Waals surface area contributed by atoms with Gasteiger partial charge in [-0.05, 0) is 30.2 Å². The predicted octanol–water partition coefficient (Wildman–Crippen LogP) is 3.24. The first-order valence-corrected chi connectivity index (χ1v) is 7.16. The second-order valence-corrected chi connectivity index (χ2v) is 4.92. The molecule has 0 radical (unpaired) electrons. The van der Waals surface area contributed by atoms with Gasteiger partial charge in [0.15, 0.2) is 0 Å². The number of anilines is 1. The molecule has 0 bridgehead atoms. The molecule has 116 valence electrons. The van der Waals surface area contributed by atoms with Crippen LogP contribution in [0.1, 0.15) is 24.2 Å². The largest absolute Gasteiger partial charge is 0.386 e. The maximum Gasteiger partial charge on any atom is 0.319 e. The zero-order valence-electron chi connectivity index (χ0n) is 12.3. The van der Waals surface area contributed by atoms with Crippen LogP contribution in [-0.4, -0.2) is 17.7 Å². The van der Waals surface area contributed by atoms with E-state index in [-0.39, 0.29) is 12.1 Å². The third kappa shape index (κ3) is 4.30. The molecule has 3 N–H and O–H groups in total. The Balaban J connectivity index is 1.85. The van der Waals surface area contributed by atoms with Crippen molar-refractivity contribution in [3.63, 3.8) is 0 Å². The lowest BCUT2D eigenvalue weighted by molar-refractivity contribution is 0.170. The van der Waals surface area contributed by atoms with Crippen LogP contribution in [0.5, 0.6) is 0 Å². The molecule has 0 fully saturated rings. The number of benzene rings is 2. The van der Waals surface area contributed by atoms with E-state index in [9.17, 15) is 14.3 Å². The molecule has 22 heavy (non-hydrogen) atoms. The monoisotopic (exact) mass is 302 g/mol. The summed E-state index contributed by atoms with van der Waals surface area (Å²) in [6, 6.07) is 13.0. The molecule has 0 aliphatic rings. The molecule has 0 aliphatic carbocycles. The molecule has 0 saturated carbocycles. The van der Waals surface area contributed by atoms with Crippen molar-refractivity contribution >= 4 is 11.7 Å². The van der Waals surface area contributed by atoms with E-state index in [2.05, 4.69) is 17.6 Å². The van der Waals surface area contributed by atoms with Gasteiger partial charge in [-0.15, -0.1) is 0 Å². The molecule has 5 heteroatoms. The fourth-order valence-corrected chi connectivity index (χ4v) is 2.04. The number of hydrogen-bond donors (Lipinski definition) is 3. The Bertz CT molecular complexity index is 629. The quantitative estimate of drug-likeness (QED) is 0.794. The van der Waals surface area contributed by atoms with Gasteiger partial charge in [0.2, 0.25) is 0 Å². The number of carbonyl (C=O) groups excluding carboxylic acids is 1. The van der Waals surface area contributed by atoms with Gasteiger partial charge in [0.05, 0.1) is 6.10 Å². The molecule has 2 rings (SSSR count). The molecule has 0 saturated heterocycles. The van der Waals surface area contributed by atoms with E-state index in [0.717, 1.165) is 6.42 Å². The second kappa shape index (κ2) is 7.56. The molecule has 1 unspecified atom stereocenters. The molecule has 4 nitrogen and oxygen atoms in total. The molecule has 0 heterocycles. The van der Waals surface area contributed by atoms with Crippen molar-refractivity contribution in [1.82, 2.24) is 5.32 Å². The first-order chi connectivity index (χ1) is 10.6. The van der Waals surface area contributed by atoms with Gasteiger partial charge in [-0.25, -0.2) is 9.18 Å². The van der Waals surface area contributed by atoms with Crippen LogP contribution in [0, 0.1) is 5.82 Å². The van der Waals surface area contributed by atoms with E-state index in [1.165, 1.54) is 17.7 Å². The summed E-state index contributed by atoms with van der Waals surface area (Å²) >= 11 is 0. The first-order valence-electron chi connectivity index (χ1n) is 7.16. The number of nitrogens with one attached hydrogen (secondary N) is 2. The van der Waals surface area contributed by atoms with Gasteiger partial charge < -0.3 is 15.7 Å². The van der Waals surface area contributed by atoms with E-state index in [0.29, 0.717) is 5.69 Å². The van der Waals surface area contributed by atoms with Gasteiger partial charge >= 0.3 is 6.03 Å². The highest BCUT2D eigenvalue weighted by Gasteiger charge is 2.13. The number of amides is 2. The van der Waals surface area contributed by atoms with E-state index in [1.807, 2.05) is 24.3 Å². The second-order valence-electron chi connectivity index (χ2n) is 4.92. The smallest absolute Gasteiger partial charge is 0.319 e. The highest BCUT2D eigenvalue weighted by atomic mass is 19.1. The summed E-state index contributed by atoms with van der Waals surface area (Å²) < 4.78 is 13.5. The standard InChI is InChI=1S/C17H19FN2O2/c1-2-12-7-9-13(10-8-12)20-17(22)19-11-16(21)14-5-3-4-6-15(14)18/h3-10,16,21H,2,11H2,1H3,(H2,19,20,22). The summed E-state index contributed by atoms with van der Waals surface area (Å²) in [6.07, 6.45) is -0.157. The number of urea groups is 1. The summed E-state index contributed by atoms with van der Waals surface area (Å²) in [7, 11) is 0. The molecule has 2 aromatic rings. The van der Waals surface area contributed by atoms with Crippen LogP contribution in [0.2, 0.25) is 0 Å². The van der Waals surface area contributed by atoms with Crippen molar-refractivity contribution in [2.75, 3.05) is 11.9 Å². The summed E-state index contributed by atoms with van der Waals surface area (Å²) in [5.41, 5.74) is 2.01. The average molecular weight is 302 g/mol. The highest BCUT2D eigenvalue weighted by Crippen LogP contribution is 2.15. The number of aliphatic hydroxyl groups is 1. The number of aryl methyl sites for hydroxylation is 1. The minimum Gasteiger partial charge on any atom is -0.386 e. The average Bonchev–Trinajstić information content (AvgIpc) is 2.54. The Morgan fingerprint density at radius 3 is 2.50 bits per heavy atom. The summed E-state index contributed by atoms with van der Waals surface area (Å²) in [6.45, 7) is 1.99. The van der Waals surface area contributed by atoms with E-state index in [4.69, 9.17) is 0 Å². The van der Waals surface area contributed by atoms with E-state index < -0.39 is 18.0 Å². The van der Waals surface area contributed by atoms with Gasteiger partial charge in [-0.2, -0.15) is 0 Å². The molecule has 0 spiro atoms. The lowest BCUT2D eigenvalue weighted by Crippen LogP contribution is -2.32. The summed E-state index contributed by atoms with van der Waals surface area (Å²) in [5.74, 6) is -0.493. The molecule has 0 aliphatic heterocycles. The molecular weight excluding hydrogens is 283 g/mol. The van der Waals surface area contributed by atoms with Crippen molar-refractivity contribution in [3.05, 3.63) is 65.5 Å². The Morgan fingerprint density at radius 1 is 1.18 bits per heavy atom. The van der Waals surface area contributed by atoms with E-state index >= 15 is 0 Å². The maximum absolute atomic E-state index is 13.5. The number of hydrogen-bond acceptors (Lipinski definition) is 2. The lowest BCUT2D eigenvalue weighted by atomic mass is 10.1. The predicted molar refractivity (Wildman–Crippen MR) is 84.2 cm³/mol. The maximum atomic E-state index is 13.5. The first kappa shape index (κ1) is 16.0. The number of aliphatic hydroxyl groups excluding tert-OH is 1. The van der Waals surface area contributed by atoms with Crippen molar-refractivity contribution < 1.29 is 14.3 Å². The lowest BCUT2D eigenvalue weighted by Gasteiger charge is -2.13.